The number of nitrogens with two attached hydrogens (primary N) is 1. The van der Waals surface area contributed by atoms with Crippen LogP contribution in [-0.2, 0) is 33.3 Å². The van der Waals surface area contributed by atoms with E-state index in [1.807, 2.05) is 0 Å². The molecule has 2 heterocycles. The number of nitrogens with zero attached hydrogens (tertiary/aromatic N) is 3. The molecule has 0 amide bonds. The quantitative estimate of drug-likeness (QED) is 0.476. The van der Waals surface area contributed by atoms with Crippen LogP contribution in [0.15, 0.2) is 11.1 Å². The molecule has 0 aliphatic carbocycles. The van der Waals surface area contributed by atoms with Crippen molar-refractivity contribution in [3.8, 4) is 0 Å². The van der Waals surface area contributed by atoms with Crippen molar-refractivity contribution in [2.45, 2.75) is 45.3 Å². The number of carbonyl (C=O) groups excluding carboxylic acids is 3. The molecule has 1 aromatic heterocycles. The number of carbonyl (C=O) groups is 3. The highest BCUT2D eigenvalue weighted by Crippen LogP contribution is 2.33. The Balaban J connectivity index is 2.40. The van der Waals surface area contributed by atoms with E-state index in [1.54, 1.807) is 0 Å². The number of anilines is 1. The number of aromatic nitrogens is 3. The summed E-state index contributed by atoms with van der Waals surface area (Å²) in [5, 5.41) is 0. The summed E-state index contributed by atoms with van der Waals surface area (Å²) in [5.41, 5.74) is 4.54. The van der Waals surface area contributed by atoms with E-state index in [1.165, 1.54) is 6.92 Å². The normalized spacial score (nSPS) is 24.7. The van der Waals surface area contributed by atoms with Crippen molar-refractivity contribution in [2.24, 2.45) is 0 Å². The first-order valence-corrected chi connectivity index (χ1v) is 7.53. The highest BCUT2D eigenvalue weighted by atomic mass is 16.7. The number of ether oxygens (including phenoxy) is 4. The topological polar surface area (TPSA) is 162 Å². The zero-order chi connectivity index (χ0) is 19.4. The molecule has 1 fully saturated rings. The van der Waals surface area contributed by atoms with E-state index in [9.17, 15) is 19.2 Å². The first kappa shape index (κ1) is 19.3. The fourth-order valence-electron chi connectivity index (χ4n) is 2.45. The monoisotopic (exact) mass is 370 g/mol. The lowest BCUT2D eigenvalue weighted by molar-refractivity contribution is -0.166. The van der Waals surface area contributed by atoms with Gasteiger partial charge in [-0.25, -0.2) is 9.78 Å². The SMILES string of the molecule is CC(=O)OC[C@H]1O[C@@H](n2cnc(N)nc2=O)[C@@H](OC(C)=O)C1OC(C)=O. The molecule has 1 unspecified atom stereocenters. The maximum absolute atomic E-state index is 12.1. The van der Waals surface area contributed by atoms with Gasteiger partial charge in [0.15, 0.2) is 18.4 Å². The molecule has 12 heteroatoms. The van der Waals surface area contributed by atoms with Crippen LogP contribution in [0.5, 0.6) is 0 Å². The number of nitrogen functional groups attached to an aromatic ring is 1. The summed E-state index contributed by atoms with van der Waals surface area (Å²) in [6.07, 6.45) is -3.45. The lowest BCUT2D eigenvalue weighted by atomic mass is 10.1. The predicted octanol–water partition coefficient (Wildman–Crippen LogP) is -1.46. The predicted molar refractivity (Wildman–Crippen MR) is 82.4 cm³/mol. The van der Waals surface area contributed by atoms with Crippen molar-refractivity contribution in [3.05, 3.63) is 16.8 Å². The first-order chi connectivity index (χ1) is 12.2. The Labute approximate surface area is 147 Å². The van der Waals surface area contributed by atoms with Gasteiger partial charge in [0.1, 0.15) is 19.0 Å². The first-order valence-electron chi connectivity index (χ1n) is 7.53. The van der Waals surface area contributed by atoms with Gasteiger partial charge in [0.25, 0.3) is 0 Å². The molecule has 1 aliphatic rings. The van der Waals surface area contributed by atoms with Gasteiger partial charge in [0.2, 0.25) is 5.95 Å². The van der Waals surface area contributed by atoms with Crippen molar-refractivity contribution in [3.63, 3.8) is 0 Å². The Morgan fingerprint density at radius 3 is 2.31 bits per heavy atom. The van der Waals surface area contributed by atoms with Crippen LogP contribution in [0.4, 0.5) is 5.95 Å². The second-order valence-corrected chi connectivity index (χ2v) is 5.42. The maximum atomic E-state index is 12.1. The average molecular weight is 370 g/mol. The van der Waals surface area contributed by atoms with Gasteiger partial charge >= 0.3 is 23.6 Å². The van der Waals surface area contributed by atoms with Gasteiger partial charge in [-0.2, -0.15) is 4.98 Å². The number of rotatable bonds is 5. The molecule has 2 N–H and O–H groups in total. The molecule has 1 aliphatic heterocycles. The molecule has 12 nitrogen and oxygen atoms in total. The van der Waals surface area contributed by atoms with Gasteiger partial charge in [-0.15, -0.1) is 0 Å². The molecule has 0 bridgehead atoms. The molecule has 0 spiro atoms. The molecule has 1 saturated heterocycles. The molecule has 142 valence electrons. The number of hydrogen-bond acceptors (Lipinski definition) is 11. The zero-order valence-electron chi connectivity index (χ0n) is 14.3. The fourth-order valence-corrected chi connectivity index (χ4v) is 2.45. The number of hydrogen-bond donors (Lipinski definition) is 1. The average Bonchev–Trinajstić information content (AvgIpc) is 2.82. The Morgan fingerprint density at radius 1 is 1.15 bits per heavy atom. The van der Waals surface area contributed by atoms with E-state index < -0.39 is 48.1 Å². The smallest absolute Gasteiger partial charge is 0.354 e. The molecule has 0 radical (unpaired) electrons. The van der Waals surface area contributed by atoms with E-state index >= 15 is 0 Å². The Kier molecular flexibility index (Phi) is 5.87. The van der Waals surface area contributed by atoms with Crippen LogP contribution < -0.4 is 11.4 Å². The largest absolute Gasteiger partial charge is 0.463 e. The zero-order valence-corrected chi connectivity index (χ0v) is 14.3. The van der Waals surface area contributed by atoms with Gasteiger partial charge in [-0.1, -0.05) is 0 Å². The minimum Gasteiger partial charge on any atom is -0.463 e. The van der Waals surface area contributed by atoms with Crippen LogP contribution in [0.3, 0.4) is 0 Å². The summed E-state index contributed by atoms with van der Waals surface area (Å²) in [6.45, 7) is 3.20. The van der Waals surface area contributed by atoms with Crippen LogP contribution in [0.2, 0.25) is 0 Å². The third-order valence-corrected chi connectivity index (χ3v) is 3.36. The minimum absolute atomic E-state index is 0.249. The lowest BCUT2D eigenvalue weighted by Gasteiger charge is -2.23. The van der Waals surface area contributed by atoms with Crippen LogP contribution >= 0.6 is 0 Å². The summed E-state index contributed by atoms with van der Waals surface area (Å²) in [6, 6.07) is 0. The fraction of sp³-hybridized carbons (Fsp3) is 0.571. The van der Waals surface area contributed by atoms with E-state index in [0.29, 0.717) is 0 Å². The molecule has 1 aromatic rings. The second kappa shape index (κ2) is 7.91. The lowest BCUT2D eigenvalue weighted by Crippen LogP contribution is -2.42. The van der Waals surface area contributed by atoms with Crippen molar-refractivity contribution in [1.82, 2.24) is 14.5 Å². The van der Waals surface area contributed by atoms with E-state index in [2.05, 4.69) is 9.97 Å². The van der Waals surface area contributed by atoms with Gasteiger partial charge in [0.05, 0.1) is 0 Å². The molecule has 26 heavy (non-hydrogen) atoms. The summed E-state index contributed by atoms with van der Waals surface area (Å²) in [4.78, 5) is 53.2. The van der Waals surface area contributed by atoms with Crippen LogP contribution in [0, 0.1) is 0 Å². The van der Waals surface area contributed by atoms with Crippen LogP contribution in [0.1, 0.15) is 27.0 Å². The van der Waals surface area contributed by atoms with Gasteiger partial charge in [-0.3, -0.25) is 19.0 Å². The summed E-state index contributed by atoms with van der Waals surface area (Å²) >= 11 is 0. The Bertz CT molecular complexity index is 764. The summed E-state index contributed by atoms with van der Waals surface area (Å²) in [5.74, 6) is -2.21. The van der Waals surface area contributed by atoms with Gasteiger partial charge in [-0.05, 0) is 0 Å². The highest BCUT2D eigenvalue weighted by Gasteiger charge is 2.51. The highest BCUT2D eigenvalue weighted by molar-refractivity contribution is 5.67. The molecular weight excluding hydrogens is 352 g/mol. The van der Waals surface area contributed by atoms with Crippen LogP contribution in [-0.4, -0.2) is 57.4 Å². The van der Waals surface area contributed by atoms with Crippen LogP contribution in [0.25, 0.3) is 0 Å². The second-order valence-electron chi connectivity index (χ2n) is 5.42. The van der Waals surface area contributed by atoms with E-state index in [0.717, 1.165) is 24.7 Å². The molecule has 0 saturated carbocycles. The van der Waals surface area contributed by atoms with E-state index in [-0.39, 0.29) is 12.6 Å². The molecule has 2 rings (SSSR count). The van der Waals surface area contributed by atoms with Crippen molar-refractivity contribution in [2.75, 3.05) is 12.3 Å². The van der Waals surface area contributed by atoms with E-state index in [4.69, 9.17) is 24.7 Å². The third-order valence-electron chi connectivity index (χ3n) is 3.36. The number of esters is 3. The Hall–Kier alpha value is -3.02. The minimum atomic E-state index is -1.21. The van der Waals surface area contributed by atoms with Crippen molar-refractivity contribution >= 4 is 23.9 Å². The van der Waals surface area contributed by atoms with Crippen molar-refractivity contribution in [1.29, 1.82) is 0 Å². The van der Waals surface area contributed by atoms with Gasteiger partial charge < -0.3 is 24.7 Å². The van der Waals surface area contributed by atoms with Gasteiger partial charge in [0, 0.05) is 20.8 Å². The standard InChI is InChI=1S/C14H18N4O8/c1-6(19)23-4-9-10(24-7(2)20)11(25-8(3)21)12(26-9)18-5-16-13(15)17-14(18)22/h5,9-12H,4H2,1-3H3,(H2,15,17,22)/t9-,10?,11+,12-/m1/s1. The summed E-state index contributed by atoms with van der Waals surface area (Å²) < 4.78 is 21.8. The Morgan fingerprint density at radius 2 is 1.77 bits per heavy atom. The van der Waals surface area contributed by atoms with Crippen molar-refractivity contribution < 1.29 is 33.3 Å². The maximum Gasteiger partial charge on any atom is 0.354 e. The summed E-state index contributed by atoms with van der Waals surface area (Å²) in [7, 11) is 0. The molecule has 4 atom stereocenters. The molecular formula is C14H18N4O8. The molecule has 0 aromatic carbocycles. The third kappa shape index (κ3) is 4.53.